The molecule has 4 nitrogen and oxygen atoms in total. The van der Waals surface area contributed by atoms with Crippen molar-refractivity contribution < 1.29 is 4.79 Å². The number of thiazole rings is 1. The van der Waals surface area contributed by atoms with Crippen molar-refractivity contribution in [2.75, 3.05) is 24.3 Å². The van der Waals surface area contributed by atoms with E-state index >= 15 is 0 Å². The number of nitrogens with one attached hydrogen (secondary N) is 1. The predicted molar refractivity (Wildman–Crippen MR) is 98.9 cm³/mol. The van der Waals surface area contributed by atoms with E-state index in [1.165, 1.54) is 16.2 Å². The van der Waals surface area contributed by atoms with E-state index in [2.05, 4.69) is 29.4 Å². The minimum atomic E-state index is -0.140. The fourth-order valence-corrected chi connectivity index (χ4v) is 3.71. The Bertz CT molecular complexity index is 818. The summed E-state index contributed by atoms with van der Waals surface area (Å²) in [5, 5.41) is 5.45. The van der Waals surface area contributed by atoms with Gasteiger partial charge in [0.05, 0.1) is 10.6 Å². The van der Waals surface area contributed by atoms with Gasteiger partial charge in [-0.3, -0.25) is 10.1 Å². The Balaban J connectivity index is 1.72. The van der Waals surface area contributed by atoms with Crippen LogP contribution >= 0.6 is 22.7 Å². The third-order valence-electron chi connectivity index (χ3n) is 3.36. The van der Waals surface area contributed by atoms with E-state index in [0.29, 0.717) is 10.7 Å². The fraction of sp³-hybridized carbons (Fsp3) is 0.176. The van der Waals surface area contributed by atoms with Crippen LogP contribution in [-0.4, -0.2) is 25.0 Å². The second-order valence-corrected chi connectivity index (χ2v) is 7.49. The van der Waals surface area contributed by atoms with Gasteiger partial charge in [0.15, 0.2) is 5.13 Å². The Morgan fingerprint density at radius 1 is 1.13 bits per heavy atom. The van der Waals surface area contributed by atoms with E-state index in [1.807, 2.05) is 48.6 Å². The molecule has 118 valence electrons. The topological polar surface area (TPSA) is 45.2 Å². The standard InChI is InChI=1S/C17H17N3OS2/c1-11-4-9-15(23-11)14-10-22-17(18-14)19-16(21)12-5-7-13(8-6-12)20(2)3/h4-10H,1-3H3,(H,18,19,21). The van der Waals surface area contributed by atoms with Gasteiger partial charge in [0.1, 0.15) is 0 Å². The molecule has 0 unspecified atom stereocenters. The van der Waals surface area contributed by atoms with E-state index < -0.39 is 0 Å². The quantitative estimate of drug-likeness (QED) is 0.759. The van der Waals surface area contributed by atoms with Crippen LogP contribution < -0.4 is 10.2 Å². The highest BCUT2D eigenvalue weighted by Gasteiger charge is 2.11. The number of benzene rings is 1. The molecule has 2 heterocycles. The van der Waals surface area contributed by atoms with Crippen molar-refractivity contribution in [2.24, 2.45) is 0 Å². The van der Waals surface area contributed by atoms with Gasteiger partial charge in [0, 0.05) is 35.6 Å². The van der Waals surface area contributed by atoms with Crippen molar-refractivity contribution in [3.63, 3.8) is 0 Å². The molecule has 6 heteroatoms. The molecule has 1 amide bonds. The lowest BCUT2D eigenvalue weighted by Crippen LogP contribution is -2.13. The molecule has 2 aromatic heterocycles. The zero-order valence-corrected chi connectivity index (χ0v) is 14.8. The Morgan fingerprint density at radius 2 is 1.87 bits per heavy atom. The van der Waals surface area contributed by atoms with Crippen LogP contribution in [0, 0.1) is 6.92 Å². The molecule has 1 N–H and O–H groups in total. The van der Waals surface area contributed by atoms with Crippen molar-refractivity contribution >= 4 is 39.4 Å². The van der Waals surface area contributed by atoms with Gasteiger partial charge < -0.3 is 4.90 Å². The lowest BCUT2D eigenvalue weighted by Gasteiger charge is -2.12. The Morgan fingerprint density at radius 3 is 2.48 bits per heavy atom. The fourth-order valence-electron chi connectivity index (χ4n) is 2.10. The average molecular weight is 343 g/mol. The number of nitrogens with zero attached hydrogens (tertiary/aromatic N) is 2. The van der Waals surface area contributed by atoms with Crippen LogP contribution in [0.5, 0.6) is 0 Å². The first-order valence-corrected chi connectivity index (χ1v) is 8.83. The molecule has 1 aromatic carbocycles. The molecule has 0 aliphatic rings. The van der Waals surface area contributed by atoms with Gasteiger partial charge in [-0.05, 0) is 43.3 Å². The van der Waals surface area contributed by atoms with Crippen LogP contribution in [0.1, 0.15) is 15.2 Å². The number of hydrogen-bond acceptors (Lipinski definition) is 5. The molecule has 0 atom stereocenters. The number of thiophene rings is 1. The monoisotopic (exact) mass is 343 g/mol. The van der Waals surface area contributed by atoms with E-state index in [9.17, 15) is 4.79 Å². The summed E-state index contributed by atoms with van der Waals surface area (Å²) in [5.74, 6) is -0.140. The summed E-state index contributed by atoms with van der Waals surface area (Å²) in [5.41, 5.74) is 2.59. The summed E-state index contributed by atoms with van der Waals surface area (Å²) in [6.45, 7) is 2.07. The van der Waals surface area contributed by atoms with E-state index in [1.54, 1.807) is 11.3 Å². The summed E-state index contributed by atoms with van der Waals surface area (Å²) in [6.07, 6.45) is 0. The SMILES string of the molecule is Cc1ccc(-c2csc(NC(=O)c3ccc(N(C)C)cc3)n2)s1. The summed E-state index contributed by atoms with van der Waals surface area (Å²) in [7, 11) is 3.94. The molecule has 0 bridgehead atoms. The van der Waals surface area contributed by atoms with Crippen molar-refractivity contribution in [2.45, 2.75) is 6.92 Å². The molecule has 3 rings (SSSR count). The van der Waals surface area contributed by atoms with Crippen molar-refractivity contribution in [3.8, 4) is 10.6 Å². The van der Waals surface area contributed by atoms with Crippen LogP contribution in [0.3, 0.4) is 0 Å². The predicted octanol–water partition coefficient (Wildman–Crippen LogP) is 4.50. The van der Waals surface area contributed by atoms with Crippen LogP contribution in [0.25, 0.3) is 10.6 Å². The summed E-state index contributed by atoms with van der Waals surface area (Å²) < 4.78 is 0. The van der Waals surface area contributed by atoms with Crippen molar-refractivity contribution in [1.82, 2.24) is 4.98 Å². The van der Waals surface area contributed by atoms with Gasteiger partial charge >= 0.3 is 0 Å². The summed E-state index contributed by atoms with van der Waals surface area (Å²) >= 11 is 3.14. The number of amides is 1. The summed E-state index contributed by atoms with van der Waals surface area (Å²) in [6, 6.07) is 11.6. The lowest BCUT2D eigenvalue weighted by molar-refractivity contribution is 0.102. The first-order valence-electron chi connectivity index (χ1n) is 7.14. The molecule has 0 radical (unpaired) electrons. The number of rotatable bonds is 4. The Labute approximate surface area is 143 Å². The molecule has 23 heavy (non-hydrogen) atoms. The van der Waals surface area contributed by atoms with Gasteiger partial charge in [-0.25, -0.2) is 4.98 Å². The van der Waals surface area contributed by atoms with Crippen LogP contribution in [0.15, 0.2) is 41.8 Å². The first kappa shape index (κ1) is 15.7. The van der Waals surface area contributed by atoms with Crippen LogP contribution in [0.2, 0.25) is 0 Å². The largest absolute Gasteiger partial charge is 0.378 e. The Hall–Kier alpha value is -2.18. The lowest BCUT2D eigenvalue weighted by atomic mass is 10.2. The van der Waals surface area contributed by atoms with Crippen LogP contribution in [-0.2, 0) is 0 Å². The van der Waals surface area contributed by atoms with Gasteiger partial charge in [-0.1, -0.05) is 0 Å². The van der Waals surface area contributed by atoms with Gasteiger partial charge in [0.25, 0.3) is 5.91 Å². The number of aromatic nitrogens is 1. The summed E-state index contributed by atoms with van der Waals surface area (Å²) in [4.78, 5) is 21.2. The molecule has 3 aromatic rings. The highest BCUT2D eigenvalue weighted by molar-refractivity contribution is 7.17. The molecule has 0 saturated carbocycles. The molecular weight excluding hydrogens is 326 g/mol. The highest BCUT2D eigenvalue weighted by Crippen LogP contribution is 2.30. The normalized spacial score (nSPS) is 10.6. The smallest absolute Gasteiger partial charge is 0.257 e. The maximum atomic E-state index is 12.3. The average Bonchev–Trinajstić information content (AvgIpc) is 3.16. The third-order valence-corrected chi connectivity index (χ3v) is 5.14. The molecule has 0 fully saturated rings. The second kappa shape index (κ2) is 6.52. The first-order chi connectivity index (χ1) is 11.0. The zero-order chi connectivity index (χ0) is 16.4. The zero-order valence-electron chi connectivity index (χ0n) is 13.2. The number of anilines is 2. The molecule has 0 aliphatic heterocycles. The molecule has 0 aliphatic carbocycles. The molecular formula is C17H17N3OS2. The minimum absolute atomic E-state index is 0.140. The van der Waals surface area contributed by atoms with Gasteiger partial charge in [0.2, 0.25) is 0 Å². The molecule has 0 spiro atoms. The third kappa shape index (κ3) is 3.60. The number of aryl methyl sites for hydroxylation is 1. The minimum Gasteiger partial charge on any atom is -0.378 e. The second-order valence-electron chi connectivity index (χ2n) is 5.34. The number of carbonyl (C=O) groups is 1. The van der Waals surface area contributed by atoms with Crippen LogP contribution in [0.4, 0.5) is 10.8 Å². The van der Waals surface area contributed by atoms with E-state index in [0.717, 1.165) is 16.3 Å². The van der Waals surface area contributed by atoms with Gasteiger partial charge in [-0.2, -0.15) is 0 Å². The van der Waals surface area contributed by atoms with E-state index in [4.69, 9.17) is 0 Å². The Kier molecular flexibility index (Phi) is 4.45. The highest BCUT2D eigenvalue weighted by atomic mass is 32.1. The maximum absolute atomic E-state index is 12.3. The molecule has 0 saturated heterocycles. The van der Waals surface area contributed by atoms with E-state index in [-0.39, 0.29) is 5.91 Å². The number of carbonyl (C=O) groups excluding carboxylic acids is 1. The van der Waals surface area contributed by atoms with Crippen molar-refractivity contribution in [1.29, 1.82) is 0 Å². The maximum Gasteiger partial charge on any atom is 0.257 e. The van der Waals surface area contributed by atoms with Crippen molar-refractivity contribution in [3.05, 3.63) is 52.2 Å². The number of hydrogen-bond donors (Lipinski definition) is 1. The van der Waals surface area contributed by atoms with Gasteiger partial charge in [-0.15, -0.1) is 22.7 Å².